The molecule has 0 bridgehead atoms. The summed E-state index contributed by atoms with van der Waals surface area (Å²) in [6, 6.07) is 1.01. The first-order valence-electron chi connectivity index (χ1n) is 4.40. The van der Waals surface area contributed by atoms with E-state index in [1.165, 1.54) is 13.8 Å². The molecular weight excluding hydrogens is 188 g/mol. The Morgan fingerprint density at radius 2 is 1.69 bits per heavy atom. The van der Waals surface area contributed by atoms with Crippen LogP contribution in [0, 0.1) is 0 Å². The maximum Gasteiger partial charge on any atom is 0.305 e. The van der Waals surface area contributed by atoms with Crippen molar-refractivity contribution < 1.29 is 19.1 Å². The lowest BCUT2D eigenvalue weighted by atomic mass is 10.6. The number of esters is 2. The van der Waals surface area contributed by atoms with Crippen LogP contribution < -0.4 is 0 Å². The topological polar surface area (TPSA) is 52.6 Å². The van der Waals surface area contributed by atoms with Crippen molar-refractivity contribution in [2.45, 2.75) is 39.1 Å². The Hall–Kier alpha value is -0.843. The molecule has 0 aromatic rings. The van der Waals surface area contributed by atoms with E-state index in [1.807, 2.05) is 6.92 Å². The van der Waals surface area contributed by atoms with Crippen LogP contribution in [0.1, 0.15) is 27.2 Å². The number of carbonyl (C=O) groups excluding carboxylic acids is 2. The average molecular weight is 204 g/mol. The molecule has 0 fully saturated rings. The maximum atomic E-state index is 10.6. The van der Waals surface area contributed by atoms with E-state index in [9.17, 15) is 9.59 Å². The molecule has 0 atom stereocenters. The van der Waals surface area contributed by atoms with Gasteiger partial charge in [0.25, 0.3) is 0 Å². The minimum absolute atomic E-state index is 0.394. The van der Waals surface area contributed by atoms with E-state index >= 15 is 0 Å². The van der Waals surface area contributed by atoms with Crippen molar-refractivity contribution in [3.05, 3.63) is 0 Å². The fraction of sp³-hybridized carbons (Fsp3) is 0.750. The molecule has 4 nitrogen and oxygen atoms in total. The molecule has 0 aromatic heterocycles. The third-order valence-corrected chi connectivity index (χ3v) is 3.31. The van der Waals surface area contributed by atoms with E-state index in [-0.39, 0.29) is 0 Å². The molecule has 0 saturated carbocycles. The fourth-order valence-corrected chi connectivity index (χ4v) is 2.33. The highest BCUT2D eigenvalue weighted by molar-refractivity contribution is 6.37. The SMILES string of the molecule is CCC[SiH2]C(OC(C)=O)OC(C)=O. The zero-order chi connectivity index (χ0) is 10.3. The van der Waals surface area contributed by atoms with Gasteiger partial charge >= 0.3 is 11.9 Å². The van der Waals surface area contributed by atoms with Crippen LogP contribution in [-0.4, -0.2) is 27.4 Å². The fourth-order valence-electron chi connectivity index (χ4n) is 0.883. The van der Waals surface area contributed by atoms with Gasteiger partial charge in [0, 0.05) is 13.8 Å². The van der Waals surface area contributed by atoms with Gasteiger partial charge in [-0.15, -0.1) is 0 Å². The first-order valence-corrected chi connectivity index (χ1v) is 6.22. The van der Waals surface area contributed by atoms with E-state index in [0.29, 0.717) is 0 Å². The van der Waals surface area contributed by atoms with Crippen molar-refractivity contribution in [2.24, 2.45) is 0 Å². The lowest BCUT2D eigenvalue weighted by molar-refractivity contribution is -0.171. The summed E-state index contributed by atoms with van der Waals surface area (Å²) < 4.78 is 9.69. The van der Waals surface area contributed by atoms with Gasteiger partial charge in [0.05, 0.1) is 0 Å². The minimum Gasteiger partial charge on any atom is -0.431 e. The van der Waals surface area contributed by atoms with Gasteiger partial charge in [0.1, 0.15) is 9.52 Å². The van der Waals surface area contributed by atoms with Crippen LogP contribution in [-0.2, 0) is 19.1 Å². The smallest absolute Gasteiger partial charge is 0.305 e. The molecule has 0 rings (SSSR count). The third-order valence-electron chi connectivity index (χ3n) is 1.39. The molecule has 0 aromatic carbocycles. The standard InChI is InChI=1S/C8H16O4Si/c1-4-5-13-8(11-6(2)9)12-7(3)10/h8H,4-5,13H2,1-3H3. The predicted molar refractivity (Wildman–Crippen MR) is 51.0 cm³/mol. The zero-order valence-electron chi connectivity index (χ0n) is 8.33. The molecule has 0 amide bonds. The normalized spacial score (nSPS) is 10.8. The van der Waals surface area contributed by atoms with Gasteiger partial charge in [-0.2, -0.15) is 0 Å². The average Bonchev–Trinajstić information content (AvgIpc) is 1.98. The Kier molecular flexibility index (Phi) is 6.22. The molecule has 13 heavy (non-hydrogen) atoms. The summed E-state index contributed by atoms with van der Waals surface area (Å²) in [6.45, 7) is 4.68. The number of carbonyl (C=O) groups is 2. The van der Waals surface area contributed by atoms with Crippen molar-refractivity contribution in [1.82, 2.24) is 0 Å². The highest BCUT2D eigenvalue weighted by Crippen LogP contribution is 1.99. The highest BCUT2D eigenvalue weighted by Gasteiger charge is 2.14. The van der Waals surface area contributed by atoms with Crippen LogP contribution in [0.5, 0.6) is 0 Å². The van der Waals surface area contributed by atoms with Crippen molar-refractivity contribution in [3.8, 4) is 0 Å². The van der Waals surface area contributed by atoms with Gasteiger partial charge in [-0.25, -0.2) is 0 Å². The van der Waals surface area contributed by atoms with E-state index < -0.39 is 27.4 Å². The van der Waals surface area contributed by atoms with Crippen LogP contribution in [0.2, 0.25) is 6.04 Å². The monoisotopic (exact) mass is 204 g/mol. The Bertz CT molecular complexity index is 165. The number of hydrogen-bond donors (Lipinski definition) is 0. The van der Waals surface area contributed by atoms with Crippen molar-refractivity contribution in [3.63, 3.8) is 0 Å². The summed E-state index contributed by atoms with van der Waals surface area (Å²) >= 11 is 0. The maximum absolute atomic E-state index is 10.6. The third kappa shape index (κ3) is 7.52. The lowest BCUT2D eigenvalue weighted by Crippen LogP contribution is -2.28. The molecule has 0 aliphatic carbocycles. The molecule has 0 N–H and O–H groups in total. The second-order valence-electron chi connectivity index (χ2n) is 2.79. The minimum atomic E-state index is -0.646. The number of ether oxygens (including phenoxy) is 2. The molecule has 0 aliphatic heterocycles. The first-order chi connectivity index (χ1) is 6.06. The second-order valence-corrected chi connectivity index (χ2v) is 4.74. The Morgan fingerprint density at radius 1 is 1.23 bits per heavy atom. The van der Waals surface area contributed by atoms with Gasteiger partial charge in [0.15, 0.2) is 0 Å². The molecule has 0 saturated heterocycles. The largest absolute Gasteiger partial charge is 0.431 e. The Balaban J connectivity index is 3.87. The predicted octanol–water partition coefficient (Wildman–Crippen LogP) is 0.393. The molecular formula is C8H16O4Si. The quantitative estimate of drug-likeness (QED) is 0.369. The van der Waals surface area contributed by atoms with E-state index in [2.05, 4.69) is 0 Å². The lowest BCUT2D eigenvalue weighted by Gasteiger charge is -2.15. The van der Waals surface area contributed by atoms with E-state index in [0.717, 1.165) is 12.5 Å². The van der Waals surface area contributed by atoms with E-state index in [1.54, 1.807) is 0 Å². The van der Waals surface area contributed by atoms with Crippen LogP contribution in [0.4, 0.5) is 0 Å². The molecule has 5 heteroatoms. The molecule has 0 radical (unpaired) electrons. The Labute approximate surface area is 80.4 Å². The summed E-state index contributed by atoms with van der Waals surface area (Å²) in [7, 11) is -0.646. The number of rotatable bonds is 5. The van der Waals surface area contributed by atoms with Crippen LogP contribution in [0.3, 0.4) is 0 Å². The van der Waals surface area contributed by atoms with Crippen molar-refractivity contribution in [2.75, 3.05) is 0 Å². The summed E-state index contributed by atoms with van der Waals surface area (Å²) in [4.78, 5) is 21.2. The van der Waals surface area contributed by atoms with Crippen LogP contribution >= 0.6 is 0 Å². The summed E-state index contributed by atoms with van der Waals surface area (Å²) in [5, 5.41) is 0. The van der Waals surface area contributed by atoms with Gasteiger partial charge in [-0.3, -0.25) is 9.59 Å². The molecule has 0 spiro atoms. The highest BCUT2D eigenvalue weighted by atomic mass is 28.2. The van der Waals surface area contributed by atoms with Gasteiger partial charge in [0.2, 0.25) is 5.91 Å². The molecule has 76 valence electrons. The summed E-state index contributed by atoms with van der Waals surface area (Å²) in [5.41, 5.74) is 0. The van der Waals surface area contributed by atoms with Gasteiger partial charge in [-0.1, -0.05) is 19.4 Å². The molecule has 0 unspecified atom stereocenters. The zero-order valence-corrected chi connectivity index (χ0v) is 9.75. The first kappa shape index (κ1) is 12.2. The van der Waals surface area contributed by atoms with Crippen LogP contribution in [0.25, 0.3) is 0 Å². The summed E-state index contributed by atoms with van der Waals surface area (Å²) in [6.07, 6.45) is 1.03. The van der Waals surface area contributed by atoms with Crippen molar-refractivity contribution in [1.29, 1.82) is 0 Å². The number of hydrogen-bond acceptors (Lipinski definition) is 4. The summed E-state index contributed by atoms with van der Waals surface area (Å²) in [5.74, 6) is -1.36. The van der Waals surface area contributed by atoms with Gasteiger partial charge < -0.3 is 9.47 Å². The van der Waals surface area contributed by atoms with Gasteiger partial charge in [-0.05, 0) is 0 Å². The van der Waals surface area contributed by atoms with Crippen molar-refractivity contribution >= 4 is 21.5 Å². The second kappa shape index (κ2) is 6.65. The molecule has 0 aliphatic rings. The molecule has 0 heterocycles. The van der Waals surface area contributed by atoms with E-state index in [4.69, 9.17) is 9.47 Å². The van der Waals surface area contributed by atoms with Crippen LogP contribution in [0.15, 0.2) is 0 Å². The Morgan fingerprint density at radius 3 is 2.00 bits per heavy atom.